The summed E-state index contributed by atoms with van der Waals surface area (Å²) < 4.78 is 0. The number of hydrogen-bond donors (Lipinski definition) is 1. The van der Waals surface area contributed by atoms with E-state index in [1.165, 1.54) is 15.5 Å². The van der Waals surface area contributed by atoms with Gasteiger partial charge >= 0.3 is 0 Å². The number of anilines is 1. The van der Waals surface area contributed by atoms with Crippen molar-refractivity contribution in [1.29, 1.82) is 0 Å². The minimum atomic E-state index is 0.855. The van der Waals surface area contributed by atoms with Crippen molar-refractivity contribution in [2.75, 3.05) is 11.6 Å². The van der Waals surface area contributed by atoms with E-state index in [-0.39, 0.29) is 0 Å². The third kappa shape index (κ3) is 2.57. The van der Waals surface area contributed by atoms with Gasteiger partial charge in [0.15, 0.2) is 0 Å². The average molecular weight is 250 g/mol. The molecular formula is C12H14N2S2. The number of benzene rings is 1. The molecule has 2 nitrogen and oxygen atoms in total. The molecule has 1 aromatic carbocycles. The van der Waals surface area contributed by atoms with E-state index in [9.17, 15) is 0 Å². The SMILES string of the molecule is CSc1ccccc1NCc1scnc1C. The van der Waals surface area contributed by atoms with Gasteiger partial charge < -0.3 is 5.32 Å². The molecule has 1 heterocycles. The van der Waals surface area contributed by atoms with Crippen molar-refractivity contribution in [3.63, 3.8) is 0 Å². The molecule has 0 saturated carbocycles. The number of nitrogens with one attached hydrogen (secondary N) is 1. The maximum absolute atomic E-state index is 4.24. The summed E-state index contributed by atoms with van der Waals surface area (Å²) in [7, 11) is 0. The molecular weight excluding hydrogens is 236 g/mol. The molecule has 2 rings (SSSR count). The molecule has 2 aromatic rings. The molecule has 0 spiro atoms. The summed E-state index contributed by atoms with van der Waals surface area (Å²) in [6, 6.07) is 8.37. The van der Waals surface area contributed by atoms with Crippen molar-refractivity contribution in [1.82, 2.24) is 4.98 Å². The van der Waals surface area contributed by atoms with Gasteiger partial charge in [-0.2, -0.15) is 0 Å². The van der Waals surface area contributed by atoms with Crippen LogP contribution in [0.15, 0.2) is 34.7 Å². The molecule has 0 amide bonds. The zero-order valence-corrected chi connectivity index (χ0v) is 11.0. The smallest absolute Gasteiger partial charge is 0.0798 e. The normalized spacial score (nSPS) is 10.4. The third-order valence-electron chi connectivity index (χ3n) is 2.39. The van der Waals surface area contributed by atoms with Gasteiger partial charge in [0.05, 0.1) is 17.7 Å². The van der Waals surface area contributed by atoms with Gasteiger partial charge in [-0.25, -0.2) is 4.98 Å². The van der Waals surface area contributed by atoms with Crippen LogP contribution in [0.2, 0.25) is 0 Å². The lowest BCUT2D eigenvalue weighted by Gasteiger charge is -2.09. The molecule has 1 N–H and O–H groups in total. The number of rotatable bonds is 4. The lowest BCUT2D eigenvalue weighted by atomic mass is 10.3. The lowest BCUT2D eigenvalue weighted by molar-refractivity contribution is 1.11. The Morgan fingerprint density at radius 1 is 1.38 bits per heavy atom. The summed E-state index contributed by atoms with van der Waals surface area (Å²) in [4.78, 5) is 6.83. The van der Waals surface area contributed by atoms with Gasteiger partial charge in [-0.15, -0.1) is 23.1 Å². The first kappa shape index (κ1) is 11.5. The van der Waals surface area contributed by atoms with Crippen molar-refractivity contribution in [2.24, 2.45) is 0 Å². The van der Waals surface area contributed by atoms with Gasteiger partial charge in [-0.05, 0) is 25.3 Å². The Balaban J connectivity index is 2.07. The minimum absolute atomic E-state index is 0.855. The number of aryl methyl sites for hydroxylation is 1. The molecule has 0 aliphatic carbocycles. The number of thioether (sulfide) groups is 1. The predicted octanol–water partition coefficient (Wildman–Crippen LogP) is 3.79. The summed E-state index contributed by atoms with van der Waals surface area (Å²) in [5.74, 6) is 0. The van der Waals surface area contributed by atoms with Crippen molar-refractivity contribution in [3.05, 3.63) is 40.3 Å². The van der Waals surface area contributed by atoms with E-state index in [0.717, 1.165) is 12.2 Å². The topological polar surface area (TPSA) is 24.9 Å². The van der Waals surface area contributed by atoms with Gasteiger partial charge in [0, 0.05) is 15.5 Å². The van der Waals surface area contributed by atoms with Gasteiger partial charge in [0.25, 0.3) is 0 Å². The zero-order chi connectivity index (χ0) is 11.4. The van der Waals surface area contributed by atoms with Crippen LogP contribution in [0.4, 0.5) is 5.69 Å². The molecule has 0 bridgehead atoms. The molecule has 0 aliphatic rings. The van der Waals surface area contributed by atoms with Gasteiger partial charge in [0.1, 0.15) is 0 Å². The molecule has 0 unspecified atom stereocenters. The predicted molar refractivity (Wildman–Crippen MR) is 72.4 cm³/mol. The van der Waals surface area contributed by atoms with Crippen LogP contribution in [0.25, 0.3) is 0 Å². The second-order valence-corrected chi connectivity index (χ2v) is 5.20. The maximum atomic E-state index is 4.24. The van der Waals surface area contributed by atoms with Crippen molar-refractivity contribution in [3.8, 4) is 0 Å². The Morgan fingerprint density at radius 3 is 2.88 bits per heavy atom. The Morgan fingerprint density at radius 2 is 2.19 bits per heavy atom. The first-order valence-corrected chi connectivity index (χ1v) is 7.17. The molecule has 0 saturated heterocycles. The van der Waals surface area contributed by atoms with Crippen LogP contribution in [0, 0.1) is 6.92 Å². The van der Waals surface area contributed by atoms with Gasteiger partial charge in [-0.3, -0.25) is 0 Å². The summed E-state index contributed by atoms with van der Waals surface area (Å²) in [5, 5.41) is 3.46. The largest absolute Gasteiger partial charge is 0.379 e. The summed E-state index contributed by atoms with van der Waals surface area (Å²) in [6.45, 7) is 2.90. The Hall–Kier alpha value is -1.00. The van der Waals surface area contributed by atoms with Crippen molar-refractivity contribution < 1.29 is 0 Å². The van der Waals surface area contributed by atoms with Crippen LogP contribution in [-0.2, 0) is 6.54 Å². The quantitative estimate of drug-likeness (QED) is 0.836. The molecule has 16 heavy (non-hydrogen) atoms. The third-order valence-corrected chi connectivity index (χ3v) is 4.12. The van der Waals surface area contributed by atoms with Crippen molar-refractivity contribution >= 4 is 28.8 Å². The van der Waals surface area contributed by atoms with E-state index in [0.29, 0.717) is 0 Å². The highest BCUT2D eigenvalue weighted by Crippen LogP contribution is 2.25. The lowest BCUT2D eigenvalue weighted by Crippen LogP contribution is -2.00. The molecule has 1 aromatic heterocycles. The minimum Gasteiger partial charge on any atom is -0.379 e. The maximum Gasteiger partial charge on any atom is 0.0798 e. The summed E-state index contributed by atoms with van der Waals surface area (Å²) in [5.41, 5.74) is 4.22. The first-order chi connectivity index (χ1) is 7.81. The molecule has 0 aliphatic heterocycles. The second-order valence-electron chi connectivity index (χ2n) is 3.41. The van der Waals surface area contributed by atoms with Crippen LogP contribution in [0.5, 0.6) is 0 Å². The van der Waals surface area contributed by atoms with Crippen LogP contribution >= 0.6 is 23.1 Å². The zero-order valence-electron chi connectivity index (χ0n) is 9.36. The standard InChI is InChI=1S/C12H14N2S2/c1-9-12(16-8-14-9)7-13-10-5-3-4-6-11(10)15-2/h3-6,8,13H,7H2,1-2H3. The van der Waals surface area contributed by atoms with E-state index in [1.54, 1.807) is 23.1 Å². The first-order valence-electron chi connectivity index (χ1n) is 5.07. The number of para-hydroxylation sites is 1. The van der Waals surface area contributed by atoms with Crippen LogP contribution in [-0.4, -0.2) is 11.2 Å². The van der Waals surface area contributed by atoms with E-state index in [4.69, 9.17) is 0 Å². The van der Waals surface area contributed by atoms with Crippen LogP contribution in [0.1, 0.15) is 10.6 Å². The number of aromatic nitrogens is 1. The van der Waals surface area contributed by atoms with E-state index in [2.05, 4.69) is 40.8 Å². The molecule has 0 radical (unpaired) electrons. The summed E-state index contributed by atoms with van der Waals surface area (Å²) in [6.07, 6.45) is 2.10. The highest BCUT2D eigenvalue weighted by atomic mass is 32.2. The van der Waals surface area contributed by atoms with Crippen LogP contribution in [0.3, 0.4) is 0 Å². The van der Waals surface area contributed by atoms with Gasteiger partial charge in [0.2, 0.25) is 0 Å². The fraction of sp³-hybridized carbons (Fsp3) is 0.250. The Bertz CT molecular complexity index is 466. The van der Waals surface area contributed by atoms with Crippen molar-refractivity contribution in [2.45, 2.75) is 18.4 Å². The van der Waals surface area contributed by atoms with Crippen LogP contribution < -0.4 is 5.32 Å². The fourth-order valence-electron chi connectivity index (χ4n) is 1.46. The Kier molecular flexibility index (Phi) is 3.85. The number of hydrogen-bond acceptors (Lipinski definition) is 4. The van der Waals surface area contributed by atoms with E-state index in [1.807, 2.05) is 12.4 Å². The van der Waals surface area contributed by atoms with E-state index < -0.39 is 0 Å². The molecule has 0 atom stereocenters. The van der Waals surface area contributed by atoms with E-state index >= 15 is 0 Å². The average Bonchev–Trinajstić information content (AvgIpc) is 2.72. The highest BCUT2D eigenvalue weighted by molar-refractivity contribution is 7.98. The fourth-order valence-corrected chi connectivity index (χ4v) is 2.75. The molecule has 4 heteroatoms. The Labute approximate surface area is 104 Å². The highest BCUT2D eigenvalue weighted by Gasteiger charge is 2.03. The number of thiazole rings is 1. The summed E-state index contributed by atoms with van der Waals surface area (Å²) >= 11 is 3.46. The molecule has 84 valence electrons. The molecule has 0 fully saturated rings. The monoisotopic (exact) mass is 250 g/mol. The van der Waals surface area contributed by atoms with Gasteiger partial charge in [-0.1, -0.05) is 12.1 Å². The number of nitrogens with zero attached hydrogens (tertiary/aromatic N) is 1. The second kappa shape index (κ2) is 5.37.